The van der Waals surface area contributed by atoms with Crippen LogP contribution in [0, 0.1) is 0 Å². The fourth-order valence-corrected chi connectivity index (χ4v) is 1.57. The van der Waals surface area contributed by atoms with Gasteiger partial charge in [-0.15, -0.1) is 0 Å². The lowest BCUT2D eigenvalue weighted by atomic mass is 9.59. The van der Waals surface area contributed by atoms with Gasteiger partial charge in [0.1, 0.15) is 0 Å². The van der Waals surface area contributed by atoms with Gasteiger partial charge in [-0.2, -0.15) is 0 Å². The van der Waals surface area contributed by atoms with Crippen molar-refractivity contribution in [2.45, 2.75) is 71.9 Å². The Morgan fingerprint density at radius 3 is 1.71 bits per heavy atom. The van der Waals surface area contributed by atoms with E-state index in [1.54, 1.807) is 0 Å². The van der Waals surface area contributed by atoms with E-state index in [-0.39, 0.29) is 0 Å². The molecule has 1 nitrogen and oxygen atoms in total. The van der Waals surface area contributed by atoms with Crippen molar-refractivity contribution in [3.8, 4) is 0 Å². The minimum atomic E-state index is 0.543. The summed E-state index contributed by atoms with van der Waals surface area (Å²) in [6, 6.07) is 0. The summed E-state index contributed by atoms with van der Waals surface area (Å²) in [6.07, 6.45) is 10.2. The molecule has 0 aliphatic rings. The van der Waals surface area contributed by atoms with Crippen LogP contribution in [-0.2, 0) is 4.65 Å². The molecule has 0 N–H and O–H groups in total. The zero-order valence-corrected chi connectivity index (χ0v) is 10.3. The third kappa shape index (κ3) is 8.62. The molecule has 0 radical (unpaired) electrons. The Hall–Kier alpha value is 0.0249. The van der Waals surface area contributed by atoms with Crippen LogP contribution in [0.4, 0.5) is 0 Å². The predicted molar refractivity (Wildman–Crippen MR) is 66.0 cm³/mol. The Kier molecular flexibility index (Phi) is 11.1. The van der Waals surface area contributed by atoms with Gasteiger partial charge in [0, 0.05) is 6.61 Å². The molecule has 0 saturated heterocycles. The molecule has 0 aliphatic heterocycles. The summed E-state index contributed by atoms with van der Waals surface area (Å²) in [5.74, 6) is 0. The largest absolute Gasteiger partial charge is 0.436 e. The summed E-state index contributed by atoms with van der Waals surface area (Å²) in [5, 5.41) is 0. The summed E-state index contributed by atoms with van der Waals surface area (Å²) in [7, 11) is 0. The normalized spacial score (nSPS) is 10.5. The van der Waals surface area contributed by atoms with Crippen LogP contribution in [0.2, 0.25) is 12.6 Å². The van der Waals surface area contributed by atoms with Gasteiger partial charge in [-0.1, -0.05) is 52.9 Å². The summed E-state index contributed by atoms with van der Waals surface area (Å²) in [6.45, 7) is 8.23. The second-order valence-corrected chi connectivity index (χ2v) is 4.13. The van der Waals surface area contributed by atoms with Crippen molar-refractivity contribution >= 4 is 6.92 Å². The highest BCUT2D eigenvalue weighted by Crippen LogP contribution is 2.11. The first-order valence-electron chi connectivity index (χ1n) is 6.46. The molecule has 0 unspecified atom stereocenters. The number of hydrogen-bond acceptors (Lipinski definition) is 1. The highest BCUT2D eigenvalue weighted by molar-refractivity contribution is 6.51. The van der Waals surface area contributed by atoms with Crippen molar-refractivity contribution < 1.29 is 4.65 Å². The Balaban J connectivity index is 3.49. The molecule has 14 heavy (non-hydrogen) atoms. The van der Waals surface area contributed by atoms with Crippen LogP contribution in [0.15, 0.2) is 0 Å². The van der Waals surface area contributed by atoms with Gasteiger partial charge in [-0.3, -0.25) is 0 Å². The van der Waals surface area contributed by atoms with E-state index in [4.69, 9.17) is 4.65 Å². The summed E-state index contributed by atoms with van der Waals surface area (Å²) >= 11 is 0. The zero-order valence-electron chi connectivity index (χ0n) is 10.3. The summed E-state index contributed by atoms with van der Waals surface area (Å²) in [4.78, 5) is 0. The maximum Gasteiger partial charge on any atom is 0.293 e. The van der Waals surface area contributed by atoms with Gasteiger partial charge in [0.25, 0.3) is 6.92 Å². The van der Waals surface area contributed by atoms with Gasteiger partial charge < -0.3 is 4.65 Å². The quantitative estimate of drug-likeness (QED) is 0.373. The first kappa shape index (κ1) is 14.0. The van der Waals surface area contributed by atoms with Crippen molar-refractivity contribution in [1.29, 1.82) is 0 Å². The Labute approximate surface area is 90.7 Å². The zero-order chi connectivity index (χ0) is 10.6. The smallest absolute Gasteiger partial charge is 0.293 e. The Morgan fingerprint density at radius 2 is 1.29 bits per heavy atom. The van der Waals surface area contributed by atoms with Crippen LogP contribution >= 0.6 is 0 Å². The van der Waals surface area contributed by atoms with E-state index in [0.29, 0.717) is 6.92 Å². The van der Waals surface area contributed by atoms with Crippen molar-refractivity contribution in [2.75, 3.05) is 6.61 Å². The molecule has 0 saturated carbocycles. The van der Waals surface area contributed by atoms with E-state index in [1.165, 1.54) is 51.2 Å². The fourth-order valence-electron chi connectivity index (χ4n) is 1.57. The molecule has 0 atom stereocenters. The van der Waals surface area contributed by atoms with Gasteiger partial charge in [-0.25, -0.2) is 0 Å². The first-order chi connectivity index (χ1) is 6.85. The monoisotopic (exact) mass is 198 g/mol. The van der Waals surface area contributed by atoms with E-state index < -0.39 is 0 Å². The molecule has 0 amide bonds. The predicted octanol–water partition coefficient (Wildman–Crippen LogP) is 4.39. The molecule has 0 aromatic heterocycles. The van der Waals surface area contributed by atoms with Crippen molar-refractivity contribution in [3.63, 3.8) is 0 Å². The molecule has 84 valence electrons. The minimum Gasteiger partial charge on any atom is -0.436 e. The van der Waals surface area contributed by atoms with E-state index in [2.05, 4.69) is 20.8 Å². The number of rotatable bonds is 10. The molecule has 0 spiro atoms. The molecule has 0 fully saturated rings. The molecule has 0 heterocycles. The number of unbranched alkanes of at least 4 members (excludes halogenated alkanes) is 3. The van der Waals surface area contributed by atoms with Crippen molar-refractivity contribution in [2.24, 2.45) is 0 Å². The molecule has 0 aliphatic carbocycles. The molecule has 0 aromatic rings. The summed E-state index contributed by atoms with van der Waals surface area (Å²) < 4.78 is 5.89. The number of hydrogen-bond donors (Lipinski definition) is 0. The average Bonchev–Trinajstić information content (AvgIpc) is 2.21. The molecule has 0 rings (SSSR count). The molecule has 0 bridgehead atoms. The SMILES string of the molecule is CCCCOB(CCCC)CCCC. The van der Waals surface area contributed by atoms with Crippen LogP contribution in [0.1, 0.15) is 59.3 Å². The van der Waals surface area contributed by atoms with Gasteiger partial charge in [0.2, 0.25) is 0 Å². The molecular weight excluding hydrogens is 171 g/mol. The van der Waals surface area contributed by atoms with Crippen LogP contribution in [0.3, 0.4) is 0 Å². The van der Waals surface area contributed by atoms with Gasteiger partial charge in [0.15, 0.2) is 0 Å². The van der Waals surface area contributed by atoms with E-state index in [1.807, 2.05) is 0 Å². The van der Waals surface area contributed by atoms with Crippen LogP contribution in [-0.4, -0.2) is 13.5 Å². The van der Waals surface area contributed by atoms with Crippen LogP contribution < -0.4 is 0 Å². The van der Waals surface area contributed by atoms with Gasteiger partial charge in [0.05, 0.1) is 0 Å². The van der Waals surface area contributed by atoms with E-state index in [9.17, 15) is 0 Å². The standard InChI is InChI=1S/C12H27BO/c1-4-7-10-13(11-8-5-2)14-12-9-6-3/h4-12H2,1-3H3. The maximum absolute atomic E-state index is 5.89. The lowest BCUT2D eigenvalue weighted by molar-refractivity contribution is 0.307. The van der Waals surface area contributed by atoms with Crippen molar-refractivity contribution in [1.82, 2.24) is 0 Å². The highest BCUT2D eigenvalue weighted by Gasteiger charge is 2.13. The Bertz CT molecular complexity index is 98.5. The average molecular weight is 198 g/mol. The second kappa shape index (κ2) is 11.1. The summed E-state index contributed by atoms with van der Waals surface area (Å²) in [5.41, 5.74) is 0. The fraction of sp³-hybridized carbons (Fsp3) is 1.00. The van der Waals surface area contributed by atoms with E-state index >= 15 is 0 Å². The van der Waals surface area contributed by atoms with Gasteiger partial charge in [-0.05, 0) is 19.1 Å². The first-order valence-corrected chi connectivity index (χ1v) is 6.46. The van der Waals surface area contributed by atoms with Crippen LogP contribution in [0.5, 0.6) is 0 Å². The lowest BCUT2D eigenvalue weighted by Crippen LogP contribution is -2.18. The lowest BCUT2D eigenvalue weighted by Gasteiger charge is -2.13. The minimum absolute atomic E-state index is 0.543. The third-order valence-corrected chi connectivity index (χ3v) is 2.61. The highest BCUT2D eigenvalue weighted by atomic mass is 16.4. The second-order valence-electron chi connectivity index (χ2n) is 4.13. The molecule has 2 heteroatoms. The van der Waals surface area contributed by atoms with E-state index in [0.717, 1.165) is 6.61 Å². The van der Waals surface area contributed by atoms with Crippen LogP contribution in [0.25, 0.3) is 0 Å². The topological polar surface area (TPSA) is 9.23 Å². The molecule has 0 aromatic carbocycles. The maximum atomic E-state index is 5.89. The van der Waals surface area contributed by atoms with Gasteiger partial charge >= 0.3 is 0 Å². The third-order valence-electron chi connectivity index (χ3n) is 2.61. The van der Waals surface area contributed by atoms with Crippen molar-refractivity contribution in [3.05, 3.63) is 0 Å². The molecular formula is C12H27BO. The Morgan fingerprint density at radius 1 is 0.786 bits per heavy atom.